The van der Waals surface area contributed by atoms with Crippen molar-refractivity contribution in [1.82, 2.24) is 0 Å². The predicted molar refractivity (Wildman–Crippen MR) is 154 cm³/mol. The minimum Gasteiger partial charge on any atom is -0.492 e. The number of nitrogens with zero attached hydrogens (tertiary/aromatic N) is 1. The largest absolute Gasteiger partial charge is 0.492 e. The van der Waals surface area contributed by atoms with Gasteiger partial charge in [-0.15, -0.1) is 0 Å². The fourth-order valence-corrected chi connectivity index (χ4v) is 6.49. The fourth-order valence-electron chi connectivity index (χ4n) is 6.49. The summed E-state index contributed by atoms with van der Waals surface area (Å²) in [6, 6.07) is 16.4. The molecule has 7 nitrogen and oxygen atoms in total. The molecule has 0 radical (unpaired) electrons. The van der Waals surface area contributed by atoms with Gasteiger partial charge in [-0.3, -0.25) is 4.79 Å². The maximum Gasteiger partial charge on any atom is 0.306 e. The maximum atomic E-state index is 11.8. The van der Waals surface area contributed by atoms with Gasteiger partial charge in [-0.2, -0.15) is 5.26 Å². The number of carbonyl (C=O) groups is 1. The second kappa shape index (κ2) is 11.5. The normalized spacial score (nSPS) is 19.6. The van der Waals surface area contributed by atoms with Crippen molar-refractivity contribution >= 4 is 5.97 Å². The minimum absolute atomic E-state index is 0.00869. The van der Waals surface area contributed by atoms with E-state index >= 15 is 0 Å². The Kier molecular flexibility index (Phi) is 7.59. The number of nitriles is 1. The highest BCUT2D eigenvalue weighted by molar-refractivity contribution is 5.81. The monoisotopic (exact) mass is 553 g/mol. The Balaban J connectivity index is 1.27. The summed E-state index contributed by atoms with van der Waals surface area (Å²) >= 11 is 0. The van der Waals surface area contributed by atoms with Gasteiger partial charge in [0.05, 0.1) is 45.0 Å². The Morgan fingerprint density at radius 2 is 1.71 bits per heavy atom. The first-order valence-corrected chi connectivity index (χ1v) is 14.4. The van der Waals surface area contributed by atoms with E-state index in [4.69, 9.17) is 23.7 Å². The highest BCUT2D eigenvalue weighted by Crippen LogP contribution is 2.45. The molecule has 7 heteroatoms. The van der Waals surface area contributed by atoms with Crippen LogP contribution in [-0.2, 0) is 20.7 Å². The van der Waals surface area contributed by atoms with Gasteiger partial charge in [0.1, 0.15) is 29.5 Å². The number of carbonyl (C=O) groups excluding carboxylic acids is 1. The second-order valence-corrected chi connectivity index (χ2v) is 11.2. The zero-order valence-electron chi connectivity index (χ0n) is 23.8. The average Bonchev–Trinajstić information content (AvgIpc) is 3.57. The highest BCUT2D eigenvalue weighted by Gasteiger charge is 2.31. The van der Waals surface area contributed by atoms with Gasteiger partial charge in [0.2, 0.25) is 0 Å². The zero-order chi connectivity index (χ0) is 28.5. The van der Waals surface area contributed by atoms with Crippen molar-refractivity contribution in [3.63, 3.8) is 0 Å². The molecule has 1 aliphatic carbocycles. The molecular formula is C34H35NO6. The van der Waals surface area contributed by atoms with Crippen molar-refractivity contribution in [2.45, 2.75) is 64.1 Å². The van der Waals surface area contributed by atoms with E-state index in [-0.39, 0.29) is 24.1 Å². The molecule has 41 heavy (non-hydrogen) atoms. The fraction of sp³-hybridized carbons (Fsp3) is 0.412. The van der Waals surface area contributed by atoms with Crippen molar-refractivity contribution in [3.05, 3.63) is 75.8 Å². The minimum atomic E-state index is -0.242. The van der Waals surface area contributed by atoms with Crippen LogP contribution < -0.4 is 14.2 Å². The van der Waals surface area contributed by atoms with Crippen LogP contribution in [-0.4, -0.2) is 39.0 Å². The van der Waals surface area contributed by atoms with Crippen LogP contribution in [0.25, 0.3) is 11.1 Å². The molecule has 2 heterocycles. The predicted octanol–water partition coefficient (Wildman–Crippen LogP) is 6.51. The molecule has 1 saturated heterocycles. The zero-order valence-corrected chi connectivity index (χ0v) is 23.8. The summed E-state index contributed by atoms with van der Waals surface area (Å²) in [6.07, 6.45) is 3.79. The lowest BCUT2D eigenvalue weighted by Crippen LogP contribution is -2.25. The van der Waals surface area contributed by atoms with Crippen LogP contribution in [0.15, 0.2) is 42.5 Å². The van der Waals surface area contributed by atoms with Crippen molar-refractivity contribution in [3.8, 4) is 34.4 Å². The number of rotatable bonds is 7. The lowest BCUT2D eigenvalue weighted by atomic mass is 9.87. The van der Waals surface area contributed by atoms with Crippen LogP contribution in [0.3, 0.4) is 0 Å². The number of benzene rings is 3. The topological polar surface area (TPSA) is 87.0 Å². The Bertz CT molecular complexity index is 1490. The van der Waals surface area contributed by atoms with Crippen molar-refractivity contribution < 1.29 is 28.5 Å². The third kappa shape index (κ3) is 5.37. The molecule has 0 N–H and O–H groups in total. The van der Waals surface area contributed by atoms with Gasteiger partial charge in [0.15, 0.2) is 0 Å². The van der Waals surface area contributed by atoms with Gasteiger partial charge in [-0.05, 0) is 78.8 Å². The molecule has 0 aromatic heterocycles. The molecule has 3 aromatic carbocycles. The number of aryl methyl sites for hydroxylation is 2. The average molecular weight is 554 g/mol. The molecule has 1 fully saturated rings. The molecule has 3 aliphatic rings. The summed E-state index contributed by atoms with van der Waals surface area (Å²) in [5.41, 5.74) is 8.27. The van der Waals surface area contributed by atoms with Gasteiger partial charge >= 0.3 is 5.97 Å². The van der Waals surface area contributed by atoms with Crippen LogP contribution >= 0.6 is 0 Å². The third-order valence-corrected chi connectivity index (χ3v) is 8.48. The number of fused-ring (bicyclic) bond motifs is 2. The first kappa shape index (κ1) is 27.2. The maximum absolute atomic E-state index is 11.8. The van der Waals surface area contributed by atoms with E-state index in [1.54, 1.807) is 0 Å². The number of esters is 1. The van der Waals surface area contributed by atoms with E-state index in [0.29, 0.717) is 18.6 Å². The second-order valence-electron chi connectivity index (χ2n) is 11.2. The van der Waals surface area contributed by atoms with E-state index in [9.17, 15) is 10.1 Å². The molecule has 0 saturated carbocycles. The SMILES string of the molecule is COC(=O)CC1COc2cc(O[C@@H]3CCc4c3ccc(C#N)c4-c3c(C)cc(OC4CCOCC4)cc3C)ccc21. The molecule has 2 aliphatic heterocycles. The van der Waals surface area contributed by atoms with Crippen LogP contribution in [0.4, 0.5) is 0 Å². The molecule has 212 valence electrons. The molecule has 1 unspecified atom stereocenters. The Hall–Kier alpha value is -4.02. The van der Waals surface area contributed by atoms with E-state index in [1.165, 1.54) is 12.7 Å². The van der Waals surface area contributed by atoms with Crippen molar-refractivity contribution in [2.75, 3.05) is 26.9 Å². The number of hydrogen-bond donors (Lipinski definition) is 0. The summed E-state index contributed by atoms with van der Waals surface area (Å²) in [4.78, 5) is 11.8. The standard InChI is InChI=1S/C34H35NO6/c1-20-14-26(40-24-10-12-38-13-11-24)15-21(2)33(20)34-22(18-35)4-6-28-29(34)8-9-30(28)41-25-5-7-27-23(16-32(36)37-3)19-39-31(27)17-25/h4-7,14-15,17,23-24,30H,8-13,16,19H2,1-3H3/t23?,30-/m1/s1. The van der Waals surface area contributed by atoms with E-state index in [2.05, 4.69) is 32.0 Å². The number of methoxy groups -OCH3 is 1. The summed E-state index contributed by atoms with van der Waals surface area (Å²) in [5, 5.41) is 10.1. The summed E-state index contributed by atoms with van der Waals surface area (Å²) in [6.45, 7) is 6.12. The molecule has 0 bridgehead atoms. The van der Waals surface area contributed by atoms with Gasteiger partial charge in [-0.1, -0.05) is 12.1 Å². The van der Waals surface area contributed by atoms with Crippen molar-refractivity contribution in [1.29, 1.82) is 5.26 Å². The van der Waals surface area contributed by atoms with Crippen molar-refractivity contribution in [2.24, 2.45) is 0 Å². The molecular weight excluding hydrogens is 518 g/mol. The van der Waals surface area contributed by atoms with E-state index in [1.807, 2.05) is 30.3 Å². The lowest BCUT2D eigenvalue weighted by Gasteiger charge is -2.24. The Morgan fingerprint density at radius 1 is 0.951 bits per heavy atom. The Labute approximate surface area is 240 Å². The van der Waals surface area contributed by atoms with Crippen LogP contribution in [0, 0.1) is 25.2 Å². The van der Waals surface area contributed by atoms with E-state index < -0.39 is 0 Å². The quantitative estimate of drug-likeness (QED) is 0.309. The van der Waals surface area contributed by atoms with Crippen LogP contribution in [0.1, 0.15) is 71.1 Å². The van der Waals surface area contributed by atoms with Crippen LogP contribution in [0.5, 0.6) is 17.2 Å². The van der Waals surface area contributed by atoms with Gasteiger partial charge < -0.3 is 23.7 Å². The molecule has 6 rings (SSSR count). The summed E-state index contributed by atoms with van der Waals surface area (Å²) < 4.78 is 29.0. The van der Waals surface area contributed by atoms with Gasteiger partial charge in [0, 0.05) is 36.0 Å². The molecule has 3 aromatic rings. The summed E-state index contributed by atoms with van der Waals surface area (Å²) in [5.74, 6) is 2.10. The Morgan fingerprint density at radius 3 is 2.44 bits per heavy atom. The van der Waals surface area contributed by atoms with Crippen LogP contribution in [0.2, 0.25) is 0 Å². The summed E-state index contributed by atoms with van der Waals surface area (Å²) in [7, 11) is 1.40. The first-order valence-electron chi connectivity index (χ1n) is 14.4. The van der Waals surface area contributed by atoms with Gasteiger partial charge in [0.25, 0.3) is 0 Å². The number of ether oxygens (including phenoxy) is 5. The highest BCUT2D eigenvalue weighted by atomic mass is 16.5. The smallest absolute Gasteiger partial charge is 0.306 e. The van der Waals surface area contributed by atoms with E-state index in [0.717, 1.165) is 89.5 Å². The lowest BCUT2D eigenvalue weighted by molar-refractivity contribution is -0.141. The molecule has 0 amide bonds. The first-order chi connectivity index (χ1) is 19.9. The third-order valence-electron chi connectivity index (χ3n) is 8.48. The molecule has 2 atom stereocenters. The number of hydrogen-bond acceptors (Lipinski definition) is 7. The van der Waals surface area contributed by atoms with Gasteiger partial charge in [-0.25, -0.2) is 0 Å². The molecule has 0 spiro atoms.